The maximum atomic E-state index is 11.7. The minimum atomic E-state index is -0.199. The second-order valence-corrected chi connectivity index (χ2v) is 4.98. The van der Waals surface area contributed by atoms with E-state index in [9.17, 15) is 4.79 Å². The topological polar surface area (TPSA) is 72.8 Å². The summed E-state index contributed by atoms with van der Waals surface area (Å²) in [6, 6.07) is 0. The van der Waals surface area contributed by atoms with Crippen LogP contribution in [0, 0.1) is 12.8 Å². The molecule has 6 nitrogen and oxygen atoms in total. The number of aryl methyl sites for hydroxylation is 1. The fourth-order valence-electron chi connectivity index (χ4n) is 2.37. The second-order valence-electron chi connectivity index (χ2n) is 4.98. The lowest BCUT2D eigenvalue weighted by atomic mass is 10.1. The third-order valence-electron chi connectivity index (χ3n) is 3.61. The number of imidazole rings is 1. The lowest BCUT2D eigenvalue weighted by Gasteiger charge is -2.12. The van der Waals surface area contributed by atoms with Crippen LogP contribution >= 0.6 is 0 Å². The highest BCUT2D eigenvalue weighted by Gasteiger charge is 2.31. The number of nitrogens with zero attached hydrogens (tertiary/aromatic N) is 3. The molecular formula is C12H16N4O2. The maximum absolute atomic E-state index is 11.7. The van der Waals surface area contributed by atoms with Crippen molar-refractivity contribution in [2.75, 3.05) is 0 Å². The van der Waals surface area contributed by atoms with Gasteiger partial charge >= 0.3 is 0 Å². The molecule has 6 heteroatoms. The van der Waals surface area contributed by atoms with Crippen molar-refractivity contribution >= 4 is 11.2 Å². The molecule has 96 valence electrons. The number of rotatable bonds is 1. The Hall–Kier alpha value is -1.69. The van der Waals surface area contributed by atoms with Crippen molar-refractivity contribution < 1.29 is 4.74 Å². The van der Waals surface area contributed by atoms with E-state index in [0.717, 1.165) is 6.42 Å². The highest BCUT2D eigenvalue weighted by atomic mass is 16.5. The van der Waals surface area contributed by atoms with E-state index in [-0.39, 0.29) is 17.9 Å². The molecule has 0 spiro atoms. The van der Waals surface area contributed by atoms with Crippen LogP contribution in [0.15, 0.2) is 11.1 Å². The molecule has 18 heavy (non-hydrogen) atoms. The highest BCUT2D eigenvalue weighted by Crippen LogP contribution is 2.33. The van der Waals surface area contributed by atoms with Crippen LogP contribution in [0.5, 0.6) is 0 Å². The molecular weight excluding hydrogens is 232 g/mol. The average Bonchev–Trinajstić information content (AvgIpc) is 2.83. The van der Waals surface area contributed by atoms with E-state index in [1.54, 1.807) is 13.3 Å². The number of aromatic nitrogens is 4. The number of H-pyrrole nitrogens is 1. The first-order chi connectivity index (χ1) is 8.56. The van der Waals surface area contributed by atoms with Crippen LogP contribution in [0.1, 0.15) is 32.3 Å². The fraction of sp³-hybridized carbons (Fsp3) is 0.583. The van der Waals surface area contributed by atoms with Crippen LogP contribution in [0.2, 0.25) is 0 Å². The van der Waals surface area contributed by atoms with Gasteiger partial charge in [-0.05, 0) is 26.2 Å². The Kier molecular flexibility index (Phi) is 2.48. The molecule has 0 amide bonds. The summed E-state index contributed by atoms with van der Waals surface area (Å²) < 4.78 is 7.74. The van der Waals surface area contributed by atoms with Gasteiger partial charge < -0.3 is 9.72 Å². The van der Waals surface area contributed by atoms with Crippen molar-refractivity contribution in [2.24, 2.45) is 5.92 Å². The van der Waals surface area contributed by atoms with Crippen molar-refractivity contribution in [3.63, 3.8) is 0 Å². The van der Waals surface area contributed by atoms with Crippen LogP contribution < -0.4 is 5.56 Å². The van der Waals surface area contributed by atoms with E-state index in [0.29, 0.717) is 22.9 Å². The predicted octanol–water partition coefficient (Wildman–Crippen LogP) is 1.37. The summed E-state index contributed by atoms with van der Waals surface area (Å²) in [5.74, 6) is 1.09. The molecule has 1 N–H and O–H groups in total. The number of aromatic amines is 1. The number of hydrogen-bond acceptors (Lipinski definition) is 4. The van der Waals surface area contributed by atoms with Gasteiger partial charge in [0, 0.05) is 0 Å². The molecule has 0 bridgehead atoms. The summed E-state index contributed by atoms with van der Waals surface area (Å²) in [6.45, 7) is 5.99. The molecule has 1 saturated heterocycles. The Morgan fingerprint density at radius 3 is 2.94 bits per heavy atom. The van der Waals surface area contributed by atoms with Gasteiger partial charge in [-0.15, -0.1) is 0 Å². The molecule has 0 aliphatic carbocycles. The van der Waals surface area contributed by atoms with Crippen LogP contribution in [0.4, 0.5) is 0 Å². The molecule has 1 aliphatic heterocycles. The van der Waals surface area contributed by atoms with Gasteiger partial charge in [-0.3, -0.25) is 9.36 Å². The van der Waals surface area contributed by atoms with Gasteiger partial charge in [-0.1, -0.05) is 6.92 Å². The monoisotopic (exact) mass is 248 g/mol. The van der Waals surface area contributed by atoms with Crippen LogP contribution in [0.3, 0.4) is 0 Å². The summed E-state index contributed by atoms with van der Waals surface area (Å²) in [4.78, 5) is 22.9. The van der Waals surface area contributed by atoms with E-state index < -0.39 is 0 Å². The molecule has 0 radical (unpaired) electrons. The minimum Gasteiger partial charge on any atom is -0.355 e. The Morgan fingerprint density at radius 2 is 2.28 bits per heavy atom. The molecule has 0 aromatic carbocycles. The molecule has 1 fully saturated rings. The molecule has 2 aromatic rings. The highest BCUT2D eigenvalue weighted by molar-refractivity contribution is 5.69. The van der Waals surface area contributed by atoms with Gasteiger partial charge in [0.2, 0.25) is 0 Å². The first-order valence-corrected chi connectivity index (χ1v) is 6.15. The molecule has 3 rings (SSSR count). The standard InChI is InChI=1S/C12H16N4O2/c1-6-4-9(18-7(6)2)16-5-13-10-11(16)14-8(3)15-12(10)17/h5-7,9H,4H2,1-3H3,(H,14,15,17). The summed E-state index contributed by atoms with van der Waals surface area (Å²) in [5, 5.41) is 0. The van der Waals surface area contributed by atoms with E-state index in [1.807, 2.05) is 4.57 Å². The van der Waals surface area contributed by atoms with Gasteiger partial charge in [0.15, 0.2) is 11.2 Å². The van der Waals surface area contributed by atoms with E-state index in [4.69, 9.17) is 4.74 Å². The van der Waals surface area contributed by atoms with Crippen LogP contribution in [-0.2, 0) is 4.74 Å². The first kappa shape index (κ1) is 11.4. The summed E-state index contributed by atoms with van der Waals surface area (Å²) >= 11 is 0. The summed E-state index contributed by atoms with van der Waals surface area (Å²) in [5.41, 5.74) is 0.773. The fourth-order valence-corrected chi connectivity index (χ4v) is 2.37. The van der Waals surface area contributed by atoms with Crippen LogP contribution in [0.25, 0.3) is 11.2 Å². The van der Waals surface area contributed by atoms with Gasteiger partial charge in [0.1, 0.15) is 12.1 Å². The maximum Gasteiger partial charge on any atom is 0.279 e. The van der Waals surface area contributed by atoms with Crippen molar-refractivity contribution in [1.29, 1.82) is 0 Å². The Labute approximate surface area is 104 Å². The van der Waals surface area contributed by atoms with Gasteiger partial charge in [0.25, 0.3) is 5.56 Å². The van der Waals surface area contributed by atoms with Crippen molar-refractivity contribution in [3.05, 3.63) is 22.5 Å². The number of nitrogens with one attached hydrogen (secondary N) is 1. The first-order valence-electron chi connectivity index (χ1n) is 6.15. The molecule has 3 unspecified atom stereocenters. The van der Waals surface area contributed by atoms with Gasteiger partial charge in [-0.2, -0.15) is 0 Å². The molecule has 3 atom stereocenters. The van der Waals surface area contributed by atoms with E-state index in [2.05, 4.69) is 28.8 Å². The summed E-state index contributed by atoms with van der Waals surface area (Å²) in [7, 11) is 0. The van der Waals surface area contributed by atoms with Crippen molar-refractivity contribution in [1.82, 2.24) is 19.5 Å². The Morgan fingerprint density at radius 1 is 1.50 bits per heavy atom. The lowest BCUT2D eigenvalue weighted by molar-refractivity contribution is 0.00796. The van der Waals surface area contributed by atoms with Crippen LogP contribution in [-0.4, -0.2) is 25.6 Å². The zero-order chi connectivity index (χ0) is 12.9. The zero-order valence-electron chi connectivity index (χ0n) is 10.7. The Balaban J connectivity index is 2.11. The minimum absolute atomic E-state index is 0.0753. The predicted molar refractivity (Wildman–Crippen MR) is 66.3 cm³/mol. The largest absolute Gasteiger partial charge is 0.355 e. The van der Waals surface area contributed by atoms with Crippen molar-refractivity contribution in [2.45, 2.75) is 39.5 Å². The lowest BCUT2D eigenvalue weighted by Crippen LogP contribution is -2.13. The second kappa shape index (κ2) is 3.91. The summed E-state index contributed by atoms with van der Waals surface area (Å²) in [6.07, 6.45) is 2.70. The van der Waals surface area contributed by atoms with E-state index in [1.165, 1.54) is 0 Å². The number of fused-ring (bicyclic) bond motifs is 1. The quantitative estimate of drug-likeness (QED) is 0.827. The van der Waals surface area contributed by atoms with Gasteiger partial charge in [0.05, 0.1) is 12.4 Å². The van der Waals surface area contributed by atoms with Crippen molar-refractivity contribution in [3.8, 4) is 0 Å². The molecule has 0 saturated carbocycles. The molecule has 3 heterocycles. The third-order valence-corrected chi connectivity index (χ3v) is 3.61. The average molecular weight is 248 g/mol. The SMILES string of the molecule is Cc1nc2c(ncn2C2CC(C)C(C)O2)c(=O)[nH]1. The molecule has 2 aromatic heterocycles. The number of ether oxygens (including phenoxy) is 1. The third kappa shape index (κ3) is 1.64. The normalized spacial score (nSPS) is 28.1. The smallest absolute Gasteiger partial charge is 0.279 e. The molecule has 1 aliphatic rings. The van der Waals surface area contributed by atoms with Gasteiger partial charge in [-0.25, -0.2) is 9.97 Å². The van der Waals surface area contributed by atoms with E-state index >= 15 is 0 Å². The Bertz CT molecular complexity index is 635. The number of hydrogen-bond donors (Lipinski definition) is 1. The zero-order valence-corrected chi connectivity index (χ0v) is 10.7.